The summed E-state index contributed by atoms with van der Waals surface area (Å²) in [4.78, 5) is 26.3. The number of hydrogen-bond acceptors (Lipinski definition) is 5. The van der Waals surface area contributed by atoms with Gasteiger partial charge in [-0.3, -0.25) is 14.2 Å². The van der Waals surface area contributed by atoms with Gasteiger partial charge in [0.25, 0.3) is 0 Å². The van der Waals surface area contributed by atoms with Gasteiger partial charge in [-0.05, 0) is 42.9 Å². The molecule has 1 aliphatic carbocycles. The summed E-state index contributed by atoms with van der Waals surface area (Å²) in [5.74, 6) is 1.57. The Balaban J connectivity index is 1.33. The highest BCUT2D eigenvalue weighted by Gasteiger charge is 2.25. The molecule has 0 amide bonds. The van der Waals surface area contributed by atoms with Crippen LogP contribution < -0.4 is 5.32 Å². The van der Waals surface area contributed by atoms with Crippen molar-refractivity contribution in [3.05, 3.63) is 103 Å². The lowest BCUT2D eigenvalue weighted by atomic mass is 10.0. The predicted octanol–water partition coefficient (Wildman–Crippen LogP) is 6.10. The fraction of sp³-hybridized carbons (Fsp3) is 0.200. The smallest absolute Gasteiger partial charge is 0.180 e. The Bertz CT molecular complexity index is 1490. The van der Waals surface area contributed by atoms with E-state index in [0.29, 0.717) is 12.3 Å². The van der Waals surface area contributed by atoms with Crippen molar-refractivity contribution >= 4 is 17.2 Å². The molecule has 1 fully saturated rings. The van der Waals surface area contributed by atoms with E-state index in [1.165, 1.54) is 18.4 Å². The number of ketones is 1. The Kier molecular flexibility index (Phi) is 6.00. The van der Waals surface area contributed by atoms with E-state index >= 15 is 0 Å². The molecule has 0 saturated heterocycles. The van der Waals surface area contributed by atoms with Crippen molar-refractivity contribution in [1.82, 2.24) is 19.4 Å². The molecule has 1 saturated carbocycles. The van der Waals surface area contributed by atoms with Crippen molar-refractivity contribution in [2.45, 2.75) is 25.7 Å². The minimum Gasteiger partial charge on any atom is -0.367 e. The third-order valence-electron chi connectivity index (χ3n) is 6.69. The molecule has 3 aromatic heterocycles. The van der Waals surface area contributed by atoms with Crippen LogP contribution in [0.3, 0.4) is 0 Å². The number of Topliss-reactive ketones (excluding diaryl/α,β-unsaturated/α-hetero) is 1. The van der Waals surface area contributed by atoms with Crippen molar-refractivity contribution in [2.75, 3.05) is 11.9 Å². The normalized spacial score (nSPS) is 13.1. The van der Waals surface area contributed by atoms with Crippen LogP contribution in [0.15, 0.2) is 91.5 Å². The van der Waals surface area contributed by atoms with E-state index in [0.717, 1.165) is 52.5 Å². The number of nitrogens with zero attached hydrogens (tertiary/aromatic N) is 4. The number of anilines is 1. The molecule has 2 aromatic carbocycles. The first-order chi connectivity index (χ1) is 17.7. The number of imidazole rings is 1. The highest BCUT2D eigenvalue weighted by molar-refractivity contribution is 5.96. The molecule has 0 atom stereocenters. The molecule has 36 heavy (non-hydrogen) atoms. The van der Waals surface area contributed by atoms with E-state index in [2.05, 4.69) is 26.8 Å². The molecule has 6 heteroatoms. The van der Waals surface area contributed by atoms with E-state index in [4.69, 9.17) is 9.97 Å². The minimum absolute atomic E-state index is 0.235. The van der Waals surface area contributed by atoms with Gasteiger partial charge < -0.3 is 5.32 Å². The second-order valence-corrected chi connectivity index (χ2v) is 9.36. The number of fused-ring (bicyclic) bond motifs is 1. The van der Waals surface area contributed by atoms with Crippen molar-refractivity contribution in [1.29, 1.82) is 0 Å². The minimum atomic E-state index is 0.235. The van der Waals surface area contributed by atoms with Gasteiger partial charge in [-0.1, -0.05) is 54.6 Å². The summed E-state index contributed by atoms with van der Waals surface area (Å²) in [7, 11) is 0. The molecule has 1 N–H and O–H groups in total. The molecule has 5 aromatic rings. The summed E-state index contributed by atoms with van der Waals surface area (Å²) in [6.45, 7) is 0.727. The number of carbonyl (C=O) groups excluding carboxylic acids is 1. The van der Waals surface area contributed by atoms with Crippen LogP contribution in [0.2, 0.25) is 0 Å². The first kappa shape index (κ1) is 22.2. The number of benzene rings is 2. The van der Waals surface area contributed by atoms with Crippen LogP contribution in [0.25, 0.3) is 28.2 Å². The zero-order chi connectivity index (χ0) is 24.3. The molecule has 0 spiro atoms. The molecular weight excluding hydrogens is 446 g/mol. The van der Waals surface area contributed by atoms with Gasteiger partial charge in [0, 0.05) is 48.2 Å². The second kappa shape index (κ2) is 9.74. The second-order valence-electron chi connectivity index (χ2n) is 9.36. The van der Waals surface area contributed by atoms with E-state index in [1.807, 2.05) is 79.4 Å². The average Bonchev–Trinajstić information content (AvgIpc) is 3.64. The van der Waals surface area contributed by atoms with Crippen molar-refractivity contribution in [2.24, 2.45) is 5.92 Å². The van der Waals surface area contributed by atoms with Crippen LogP contribution in [0, 0.1) is 5.92 Å². The quantitative estimate of drug-likeness (QED) is 0.262. The maximum atomic E-state index is 12.5. The van der Waals surface area contributed by atoms with E-state index in [1.54, 1.807) is 0 Å². The lowest BCUT2D eigenvalue weighted by Gasteiger charge is -2.12. The van der Waals surface area contributed by atoms with Crippen LogP contribution in [0.4, 0.5) is 5.82 Å². The number of nitrogens with one attached hydrogen (secondary N) is 1. The first-order valence-corrected chi connectivity index (χ1v) is 12.4. The molecule has 1 aliphatic rings. The third-order valence-corrected chi connectivity index (χ3v) is 6.69. The first-order valence-electron chi connectivity index (χ1n) is 12.4. The number of rotatable bonds is 9. The lowest BCUT2D eigenvalue weighted by molar-refractivity contribution is 0.0976. The largest absolute Gasteiger partial charge is 0.367 e. The van der Waals surface area contributed by atoms with E-state index in [-0.39, 0.29) is 5.78 Å². The highest BCUT2D eigenvalue weighted by Crippen LogP contribution is 2.34. The van der Waals surface area contributed by atoms with Crippen molar-refractivity contribution in [3.63, 3.8) is 0 Å². The van der Waals surface area contributed by atoms with Gasteiger partial charge in [0.15, 0.2) is 17.2 Å². The van der Waals surface area contributed by atoms with Crippen LogP contribution in [0.1, 0.15) is 35.2 Å². The molecule has 6 rings (SSSR count). The summed E-state index contributed by atoms with van der Waals surface area (Å²) in [6, 6.07) is 22.1. The zero-order valence-electron chi connectivity index (χ0n) is 20.0. The van der Waals surface area contributed by atoms with Crippen molar-refractivity contribution < 1.29 is 4.79 Å². The number of aromatic nitrogens is 4. The molecule has 178 valence electrons. The van der Waals surface area contributed by atoms with Gasteiger partial charge in [0.2, 0.25) is 0 Å². The number of hydrogen-bond donors (Lipinski definition) is 1. The Hall–Kier alpha value is -4.32. The van der Waals surface area contributed by atoms with Crippen LogP contribution in [0.5, 0.6) is 0 Å². The summed E-state index contributed by atoms with van der Waals surface area (Å²) >= 11 is 0. The van der Waals surface area contributed by atoms with Gasteiger partial charge in [-0.25, -0.2) is 9.97 Å². The van der Waals surface area contributed by atoms with Gasteiger partial charge in [0.1, 0.15) is 0 Å². The number of carbonyl (C=O) groups is 1. The fourth-order valence-corrected chi connectivity index (χ4v) is 4.47. The van der Waals surface area contributed by atoms with Crippen molar-refractivity contribution in [3.8, 4) is 22.5 Å². The Morgan fingerprint density at radius 3 is 2.47 bits per heavy atom. The lowest BCUT2D eigenvalue weighted by Crippen LogP contribution is -2.09. The Labute approximate surface area is 210 Å². The Morgan fingerprint density at radius 2 is 1.72 bits per heavy atom. The fourth-order valence-electron chi connectivity index (χ4n) is 4.47. The van der Waals surface area contributed by atoms with Crippen LogP contribution in [-0.4, -0.2) is 31.7 Å². The van der Waals surface area contributed by atoms with Gasteiger partial charge in [-0.15, -0.1) is 0 Å². The third kappa shape index (κ3) is 4.75. The number of pyridine rings is 1. The van der Waals surface area contributed by atoms with Gasteiger partial charge in [-0.2, -0.15) is 0 Å². The van der Waals surface area contributed by atoms with Gasteiger partial charge >= 0.3 is 0 Å². The molecule has 0 radical (unpaired) electrons. The maximum absolute atomic E-state index is 12.5. The SMILES string of the molecule is O=C(CC1CC1)c1ccc(-c2cnc3c(NCCc4ccncc4)nc(-c4ccccc4)cn23)cc1. The molecule has 6 nitrogen and oxygen atoms in total. The standard InChI is InChI=1S/C30H27N5O/c36-28(18-22-6-7-22)25-10-8-24(9-11-25)27-19-33-30-29(32-17-14-21-12-15-31-16-13-21)34-26(20-35(27)30)23-4-2-1-3-5-23/h1-5,8-13,15-16,19-20,22H,6-7,14,17-18H2,(H,32,34). The molecule has 0 bridgehead atoms. The van der Waals surface area contributed by atoms with E-state index < -0.39 is 0 Å². The summed E-state index contributed by atoms with van der Waals surface area (Å²) in [6.07, 6.45) is 11.4. The molecule has 3 heterocycles. The average molecular weight is 474 g/mol. The van der Waals surface area contributed by atoms with Crippen LogP contribution in [-0.2, 0) is 6.42 Å². The highest BCUT2D eigenvalue weighted by atomic mass is 16.1. The summed E-state index contributed by atoms with van der Waals surface area (Å²) in [5, 5.41) is 3.50. The molecule has 0 aliphatic heterocycles. The Morgan fingerprint density at radius 1 is 0.944 bits per heavy atom. The molecule has 0 unspecified atom stereocenters. The summed E-state index contributed by atoms with van der Waals surface area (Å²) < 4.78 is 2.09. The monoisotopic (exact) mass is 473 g/mol. The van der Waals surface area contributed by atoms with Crippen LogP contribution >= 0.6 is 0 Å². The maximum Gasteiger partial charge on any atom is 0.180 e. The summed E-state index contributed by atoms with van der Waals surface area (Å²) in [5.41, 5.74) is 6.65. The zero-order valence-corrected chi connectivity index (χ0v) is 20.0. The predicted molar refractivity (Wildman–Crippen MR) is 142 cm³/mol. The topological polar surface area (TPSA) is 72.2 Å². The molecular formula is C30H27N5O. The van der Waals surface area contributed by atoms with E-state index in [9.17, 15) is 4.79 Å². The van der Waals surface area contributed by atoms with Gasteiger partial charge in [0.05, 0.1) is 17.6 Å².